The third-order valence-corrected chi connectivity index (χ3v) is 2.02. The molecule has 1 rings (SSSR count). The first-order chi connectivity index (χ1) is 6.56. The summed E-state index contributed by atoms with van der Waals surface area (Å²) in [6, 6.07) is 9.34. The van der Waals surface area contributed by atoms with Crippen LogP contribution in [0.15, 0.2) is 36.4 Å². The van der Waals surface area contributed by atoms with E-state index >= 15 is 0 Å². The van der Waals surface area contributed by atoms with Crippen LogP contribution in [0.1, 0.15) is 13.8 Å². The third-order valence-electron chi connectivity index (χ3n) is 2.02. The van der Waals surface area contributed by atoms with Gasteiger partial charge in [0.15, 0.2) is 0 Å². The Morgan fingerprint density at radius 3 is 2.43 bits per heavy atom. The molecule has 1 N–H and O–H groups in total. The molecule has 1 aromatic carbocycles. The molecule has 0 fully saturated rings. The normalized spacial score (nSPS) is 13.4. The zero-order valence-corrected chi connectivity index (χ0v) is 8.47. The molecule has 0 amide bonds. The highest BCUT2D eigenvalue weighted by Gasteiger charge is 2.27. The fourth-order valence-electron chi connectivity index (χ4n) is 1.08. The summed E-state index contributed by atoms with van der Waals surface area (Å²) in [7, 11) is 0. The zero-order valence-electron chi connectivity index (χ0n) is 8.47. The highest BCUT2D eigenvalue weighted by atomic mass is 16.5. The number of aliphatic hydroxyl groups is 1. The standard InChI is InChI=1S/C12H15O2/c1-4-11(13)12(2,3)14-10-8-6-5-7-9-10/h1,4-9,11,13H,2-3H3. The summed E-state index contributed by atoms with van der Waals surface area (Å²) < 4.78 is 5.59. The molecular formula is C12H15O2. The molecule has 14 heavy (non-hydrogen) atoms. The number of aliphatic hydroxyl groups excluding tert-OH is 1. The Morgan fingerprint density at radius 2 is 1.93 bits per heavy atom. The van der Waals surface area contributed by atoms with E-state index in [1.807, 2.05) is 30.3 Å². The summed E-state index contributed by atoms with van der Waals surface area (Å²) in [6.07, 6.45) is 0.436. The van der Waals surface area contributed by atoms with Gasteiger partial charge >= 0.3 is 0 Å². The SMILES string of the molecule is [CH]=CC(O)C(C)(C)Oc1ccccc1. The van der Waals surface area contributed by atoms with E-state index in [1.165, 1.54) is 6.08 Å². The molecule has 0 bridgehead atoms. The average Bonchev–Trinajstić information content (AvgIpc) is 2.17. The Labute approximate surface area is 84.8 Å². The second-order valence-electron chi connectivity index (χ2n) is 3.66. The molecular weight excluding hydrogens is 176 g/mol. The topological polar surface area (TPSA) is 29.5 Å². The lowest BCUT2D eigenvalue weighted by atomic mass is 10.0. The Kier molecular flexibility index (Phi) is 3.31. The molecule has 0 spiro atoms. The van der Waals surface area contributed by atoms with Gasteiger partial charge in [0, 0.05) is 0 Å². The van der Waals surface area contributed by atoms with Gasteiger partial charge in [-0.15, -0.1) is 0 Å². The van der Waals surface area contributed by atoms with Gasteiger partial charge in [0.2, 0.25) is 0 Å². The van der Waals surface area contributed by atoms with Crippen LogP contribution in [0.5, 0.6) is 5.75 Å². The molecule has 0 saturated carbocycles. The molecule has 0 aliphatic carbocycles. The summed E-state index contributed by atoms with van der Waals surface area (Å²) in [5, 5.41) is 9.54. The maximum absolute atomic E-state index is 9.54. The highest BCUT2D eigenvalue weighted by Crippen LogP contribution is 2.20. The Balaban J connectivity index is 2.73. The van der Waals surface area contributed by atoms with Crippen molar-refractivity contribution in [3.05, 3.63) is 43.0 Å². The predicted octanol–water partition coefficient (Wildman–Crippen LogP) is 2.19. The summed E-state index contributed by atoms with van der Waals surface area (Å²) in [5.41, 5.74) is -0.712. The zero-order chi connectivity index (χ0) is 10.6. The van der Waals surface area contributed by atoms with E-state index in [-0.39, 0.29) is 0 Å². The van der Waals surface area contributed by atoms with Gasteiger partial charge in [-0.05, 0) is 26.0 Å². The largest absolute Gasteiger partial charge is 0.485 e. The van der Waals surface area contributed by atoms with Crippen molar-refractivity contribution in [1.29, 1.82) is 0 Å². The fourth-order valence-corrected chi connectivity index (χ4v) is 1.08. The van der Waals surface area contributed by atoms with Crippen molar-refractivity contribution < 1.29 is 9.84 Å². The number of benzene rings is 1. The van der Waals surface area contributed by atoms with Crippen LogP contribution in [-0.2, 0) is 0 Å². The van der Waals surface area contributed by atoms with E-state index in [0.717, 1.165) is 5.75 Å². The van der Waals surface area contributed by atoms with Gasteiger partial charge in [0.25, 0.3) is 0 Å². The summed E-state index contributed by atoms with van der Waals surface area (Å²) in [6.45, 7) is 8.83. The van der Waals surface area contributed by atoms with Crippen LogP contribution in [0.4, 0.5) is 0 Å². The fraction of sp³-hybridized carbons (Fsp3) is 0.333. The van der Waals surface area contributed by atoms with Crippen molar-refractivity contribution in [3.8, 4) is 5.75 Å². The van der Waals surface area contributed by atoms with Crippen LogP contribution in [0.2, 0.25) is 0 Å². The van der Waals surface area contributed by atoms with Gasteiger partial charge in [-0.1, -0.05) is 30.9 Å². The molecule has 0 aromatic heterocycles. The van der Waals surface area contributed by atoms with Gasteiger partial charge < -0.3 is 9.84 Å². The number of hydrogen-bond donors (Lipinski definition) is 1. The molecule has 0 saturated heterocycles. The van der Waals surface area contributed by atoms with Gasteiger partial charge in [-0.25, -0.2) is 0 Å². The van der Waals surface area contributed by atoms with Gasteiger partial charge in [-0.3, -0.25) is 0 Å². The van der Waals surface area contributed by atoms with Crippen LogP contribution < -0.4 is 4.74 Å². The molecule has 1 atom stereocenters. The Morgan fingerprint density at radius 1 is 1.36 bits per heavy atom. The monoisotopic (exact) mass is 191 g/mol. The first-order valence-electron chi connectivity index (χ1n) is 4.53. The Bertz CT molecular complexity index is 290. The van der Waals surface area contributed by atoms with Crippen molar-refractivity contribution in [3.63, 3.8) is 0 Å². The highest BCUT2D eigenvalue weighted by molar-refractivity contribution is 5.22. The van der Waals surface area contributed by atoms with Crippen molar-refractivity contribution in [1.82, 2.24) is 0 Å². The molecule has 0 aliphatic rings. The lowest BCUT2D eigenvalue weighted by molar-refractivity contribution is -0.00169. The molecule has 2 heteroatoms. The van der Waals surface area contributed by atoms with Crippen LogP contribution in [0.3, 0.4) is 0 Å². The number of rotatable bonds is 4. The molecule has 2 nitrogen and oxygen atoms in total. The van der Waals surface area contributed by atoms with Crippen molar-refractivity contribution in [2.45, 2.75) is 25.6 Å². The van der Waals surface area contributed by atoms with Crippen molar-refractivity contribution in [2.24, 2.45) is 0 Å². The molecule has 75 valence electrons. The second-order valence-corrected chi connectivity index (χ2v) is 3.66. The lowest BCUT2D eigenvalue weighted by Crippen LogP contribution is -2.40. The van der Waals surface area contributed by atoms with Crippen LogP contribution in [0, 0.1) is 6.58 Å². The minimum absolute atomic E-state index is 0.712. The number of ether oxygens (including phenoxy) is 1. The first-order valence-corrected chi connectivity index (χ1v) is 4.53. The van der Waals surface area contributed by atoms with Crippen LogP contribution in [0.25, 0.3) is 0 Å². The maximum atomic E-state index is 9.54. The van der Waals surface area contributed by atoms with Gasteiger partial charge in [0.05, 0.1) is 0 Å². The van der Waals surface area contributed by atoms with E-state index in [0.29, 0.717) is 0 Å². The van der Waals surface area contributed by atoms with E-state index in [4.69, 9.17) is 11.3 Å². The smallest absolute Gasteiger partial charge is 0.133 e. The summed E-state index contributed by atoms with van der Waals surface area (Å²) >= 11 is 0. The maximum Gasteiger partial charge on any atom is 0.133 e. The molecule has 1 unspecified atom stereocenters. The number of hydrogen-bond acceptors (Lipinski definition) is 2. The van der Waals surface area contributed by atoms with Gasteiger partial charge in [0.1, 0.15) is 17.5 Å². The second kappa shape index (κ2) is 4.29. The minimum atomic E-state index is -0.789. The van der Waals surface area contributed by atoms with E-state index in [9.17, 15) is 5.11 Å². The van der Waals surface area contributed by atoms with Crippen LogP contribution in [-0.4, -0.2) is 16.8 Å². The molecule has 0 heterocycles. The molecule has 0 aliphatic heterocycles. The summed E-state index contributed by atoms with van der Waals surface area (Å²) in [4.78, 5) is 0. The molecule has 1 radical (unpaired) electrons. The van der Waals surface area contributed by atoms with Crippen LogP contribution >= 0.6 is 0 Å². The quantitative estimate of drug-likeness (QED) is 0.790. The lowest BCUT2D eigenvalue weighted by Gasteiger charge is -2.29. The third kappa shape index (κ3) is 2.60. The average molecular weight is 191 g/mol. The van der Waals surface area contributed by atoms with Gasteiger partial charge in [-0.2, -0.15) is 0 Å². The van der Waals surface area contributed by atoms with E-state index < -0.39 is 11.7 Å². The number of para-hydroxylation sites is 1. The van der Waals surface area contributed by atoms with E-state index in [1.54, 1.807) is 13.8 Å². The molecule has 1 aromatic rings. The minimum Gasteiger partial charge on any atom is -0.485 e. The predicted molar refractivity (Wildman–Crippen MR) is 56.0 cm³/mol. The first kappa shape index (κ1) is 10.8. The van der Waals surface area contributed by atoms with E-state index in [2.05, 4.69) is 0 Å². The Hall–Kier alpha value is -1.28. The van der Waals surface area contributed by atoms with Crippen molar-refractivity contribution in [2.75, 3.05) is 0 Å². The van der Waals surface area contributed by atoms with Crippen molar-refractivity contribution >= 4 is 0 Å². The summed E-state index contributed by atoms with van der Waals surface area (Å²) in [5.74, 6) is 0.721.